The molecule has 2 rings (SSSR count). The summed E-state index contributed by atoms with van der Waals surface area (Å²) in [5, 5.41) is 6.31. The predicted octanol–water partition coefficient (Wildman–Crippen LogP) is 2.04. The summed E-state index contributed by atoms with van der Waals surface area (Å²) >= 11 is 0. The van der Waals surface area contributed by atoms with Gasteiger partial charge in [0.15, 0.2) is 6.61 Å². The molecule has 2 N–H and O–H groups in total. The Morgan fingerprint density at radius 2 is 1.93 bits per heavy atom. The topological polar surface area (TPSA) is 106 Å². The van der Waals surface area contributed by atoms with Crippen LogP contribution in [0.1, 0.15) is 29.3 Å². The Morgan fingerprint density at radius 1 is 1.13 bits per heavy atom. The molecule has 0 aliphatic heterocycles. The zero-order chi connectivity index (χ0) is 21.8. The number of ether oxygens (including phenoxy) is 2. The van der Waals surface area contributed by atoms with Gasteiger partial charge in [-0.1, -0.05) is 24.3 Å². The SMILES string of the molecule is CCOC(=O)COc1cccc(C=NNC(=O)CCNC(=O)c2ccccc2F)c1. The zero-order valence-electron chi connectivity index (χ0n) is 16.4. The molecule has 0 spiro atoms. The highest BCUT2D eigenvalue weighted by Crippen LogP contribution is 2.12. The molecule has 0 aliphatic rings. The first-order valence-electron chi connectivity index (χ1n) is 9.22. The van der Waals surface area contributed by atoms with E-state index in [9.17, 15) is 18.8 Å². The van der Waals surface area contributed by atoms with Gasteiger partial charge in [0.05, 0.1) is 18.4 Å². The van der Waals surface area contributed by atoms with E-state index in [1.165, 1.54) is 24.4 Å². The molecule has 0 heterocycles. The fourth-order valence-electron chi connectivity index (χ4n) is 2.29. The number of hydrogen-bond acceptors (Lipinski definition) is 6. The molecule has 0 saturated carbocycles. The molecule has 0 saturated heterocycles. The van der Waals surface area contributed by atoms with Gasteiger partial charge < -0.3 is 14.8 Å². The van der Waals surface area contributed by atoms with Gasteiger partial charge in [0, 0.05) is 13.0 Å². The molecule has 0 bridgehead atoms. The van der Waals surface area contributed by atoms with E-state index in [2.05, 4.69) is 15.8 Å². The van der Waals surface area contributed by atoms with Crippen molar-refractivity contribution in [2.45, 2.75) is 13.3 Å². The summed E-state index contributed by atoms with van der Waals surface area (Å²) < 4.78 is 23.6. The second kappa shape index (κ2) is 11.9. The molecule has 0 aliphatic carbocycles. The number of nitrogens with zero attached hydrogens (tertiary/aromatic N) is 1. The lowest BCUT2D eigenvalue weighted by atomic mass is 10.2. The molecule has 0 radical (unpaired) electrons. The van der Waals surface area contributed by atoms with Crippen molar-refractivity contribution in [2.24, 2.45) is 5.10 Å². The van der Waals surface area contributed by atoms with Crippen LogP contribution >= 0.6 is 0 Å². The van der Waals surface area contributed by atoms with Crippen molar-refractivity contribution < 1.29 is 28.2 Å². The predicted molar refractivity (Wildman–Crippen MR) is 108 cm³/mol. The van der Waals surface area contributed by atoms with Crippen LogP contribution in [0.15, 0.2) is 53.6 Å². The smallest absolute Gasteiger partial charge is 0.344 e. The van der Waals surface area contributed by atoms with Gasteiger partial charge in [-0.15, -0.1) is 0 Å². The molecule has 2 amide bonds. The number of esters is 1. The number of benzene rings is 2. The average molecular weight is 415 g/mol. The van der Waals surface area contributed by atoms with Crippen LogP contribution < -0.4 is 15.5 Å². The fourth-order valence-corrected chi connectivity index (χ4v) is 2.29. The number of halogens is 1. The van der Waals surface area contributed by atoms with E-state index in [4.69, 9.17) is 9.47 Å². The third-order valence-corrected chi connectivity index (χ3v) is 3.68. The first-order chi connectivity index (χ1) is 14.5. The highest BCUT2D eigenvalue weighted by Gasteiger charge is 2.10. The summed E-state index contributed by atoms with van der Waals surface area (Å²) in [7, 11) is 0. The Hall–Kier alpha value is -3.75. The Bertz CT molecular complexity index is 917. The Kier molecular flexibility index (Phi) is 8.98. The molecular weight excluding hydrogens is 393 g/mol. The van der Waals surface area contributed by atoms with Gasteiger partial charge >= 0.3 is 5.97 Å². The molecule has 9 heteroatoms. The molecule has 2 aromatic carbocycles. The van der Waals surface area contributed by atoms with Gasteiger partial charge in [0.25, 0.3) is 5.91 Å². The molecule has 0 fully saturated rings. The molecule has 0 aromatic heterocycles. The average Bonchev–Trinajstić information content (AvgIpc) is 2.73. The van der Waals surface area contributed by atoms with Crippen molar-refractivity contribution in [1.82, 2.24) is 10.7 Å². The number of nitrogens with one attached hydrogen (secondary N) is 2. The quantitative estimate of drug-likeness (QED) is 0.351. The number of carbonyl (C=O) groups excluding carboxylic acids is 3. The summed E-state index contributed by atoms with van der Waals surface area (Å²) in [5.41, 5.74) is 2.89. The minimum atomic E-state index is -0.627. The summed E-state index contributed by atoms with van der Waals surface area (Å²) in [6.45, 7) is 1.82. The van der Waals surface area contributed by atoms with Gasteiger partial charge in [0.2, 0.25) is 5.91 Å². The molecule has 0 atom stereocenters. The largest absolute Gasteiger partial charge is 0.482 e. The Morgan fingerprint density at radius 3 is 2.70 bits per heavy atom. The first-order valence-corrected chi connectivity index (χ1v) is 9.22. The molecule has 8 nitrogen and oxygen atoms in total. The number of hydrazone groups is 1. The normalized spacial score (nSPS) is 10.5. The highest BCUT2D eigenvalue weighted by atomic mass is 19.1. The van der Waals surface area contributed by atoms with Crippen LogP contribution in [0.2, 0.25) is 0 Å². The second-order valence-electron chi connectivity index (χ2n) is 5.95. The van der Waals surface area contributed by atoms with Crippen molar-refractivity contribution in [1.29, 1.82) is 0 Å². The van der Waals surface area contributed by atoms with Crippen molar-refractivity contribution in [3.63, 3.8) is 0 Å². The van der Waals surface area contributed by atoms with Gasteiger partial charge in [0.1, 0.15) is 11.6 Å². The van der Waals surface area contributed by atoms with Crippen LogP contribution in [0.3, 0.4) is 0 Å². The molecule has 2 aromatic rings. The van der Waals surface area contributed by atoms with Crippen LogP contribution in [0.5, 0.6) is 5.75 Å². The maximum Gasteiger partial charge on any atom is 0.344 e. The summed E-state index contributed by atoms with van der Waals surface area (Å²) in [5.74, 6) is -1.66. The van der Waals surface area contributed by atoms with E-state index in [-0.39, 0.29) is 31.7 Å². The third-order valence-electron chi connectivity index (χ3n) is 3.68. The Labute approximate surface area is 173 Å². The lowest BCUT2D eigenvalue weighted by Crippen LogP contribution is -2.29. The summed E-state index contributed by atoms with van der Waals surface area (Å²) in [6.07, 6.45) is 1.38. The van der Waals surface area contributed by atoms with Crippen LogP contribution in [-0.2, 0) is 14.3 Å². The molecular formula is C21H22FN3O5. The van der Waals surface area contributed by atoms with Crippen LogP contribution in [0.4, 0.5) is 4.39 Å². The van der Waals surface area contributed by atoms with E-state index in [1.54, 1.807) is 37.3 Å². The first kappa shape index (κ1) is 22.5. The highest BCUT2D eigenvalue weighted by molar-refractivity contribution is 5.94. The van der Waals surface area contributed by atoms with E-state index in [0.717, 1.165) is 0 Å². The number of hydrogen-bond donors (Lipinski definition) is 2. The lowest BCUT2D eigenvalue weighted by Gasteiger charge is -2.06. The monoisotopic (exact) mass is 415 g/mol. The fraction of sp³-hybridized carbons (Fsp3) is 0.238. The standard InChI is InChI=1S/C21H22FN3O5/c1-2-29-20(27)14-30-16-7-5-6-15(12-16)13-24-25-19(26)10-11-23-21(28)17-8-3-4-9-18(17)22/h3-9,12-13H,2,10-11,14H2,1H3,(H,23,28)(H,25,26). The zero-order valence-corrected chi connectivity index (χ0v) is 16.4. The summed E-state index contributed by atoms with van der Waals surface area (Å²) in [6, 6.07) is 12.4. The maximum absolute atomic E-state index is 13.5. The van der Waals surface area contributed by atoms with E-state index >= 15 is 0 Å². The van der Waals surface area contributed by atoms with Crippen LogP contribution in [0.25, 0.3) is 0 Å². The van der Waals surface area contributed by atoms with Gasteiger partial charge in [-0.25, -0.2) is 14.6 Å². The van der Waals surface area contributed by atoms with E-state index in [1.807, 2.05) is 0 Å². The molecule has 30 heavy (non-hydrogen) atoms. The van der Waals surface area contributed by atoms with Gasteiger partial charge in [-0.05, 0) is 36.8 Å². The van der Waals surface area contributed by atoms with Crippen molar-refractivity contribution in [2.75, 3.05) is 19.8 Å². The minimum Gasteiger partial charge on any atom is -0.482 e. The number of rotatable bonds is 10. The van der Waals surface area contributed by atoms with E-state index in [0.29, 0.717) is 11.3 Å². The van der Waals surface area contributed by atoms with Crippen LogP contribution in [0, 0.1) is 5.82 Å². The van der Waals surface area contributed by atoms with Gasteiger partial charge in [-0.2, -0.15) is 5.10 Å². The Balaban J connectivity index is 1.74. The van der Waals surface area contributed by atoms with Crippen LogP contribution in [-0.4, -0.2) is 43.8 Å². The number of carbonyl (C=O) groups is 3. The lowest BCUT2D eigenvalue weighted by molar-refractivity contribution is -0.145. The third kappa shape index (κ3) is 7.70. The number of amides is 2. The van der Waals surface area contributed by atoms with Crippen molar-refractivity contribution in [3.05, 3.63) is 65.5 Å². The molecule has 158 valence electrons. The maximum atomic E-state index is 13.5. The van der Waals surface area contributed by atoms with Crippen molar-refractivity contribution in [3.8, 4) is 5.75 Å². The minimum absolute atomic E-state index is 0.0276. The van der Waals surface area contributed by atoms with Gasteiger partial charge in [-0.3, -0.25) is 9.59 Å². The van der Waals surface area contributed by atoms with E-state index < -0.39 is 23.6 Å². The second-order valence-corrected chi connectivity index (χ2v) is 5.95. The molecule has 0 unspecified atom stereocenters. The van der Waals surface area contributed by atoms with Crippen molar-refractivity contribution >= 4 is 24.0 Å². The summed E-state index contributed by atoms with van der Waals surface area (Å²) in [4.78, 5) is 35.0.